The van der Waals surface area contributed by atoms with Gasteiger partial charge in [0.25, 0.3) is 0 Å². The molecular weight excluding hydrogens is 288 g/mol. The number of halogens is 4. The van der Waals surface area contributed by atoms with E-state index in [0.29, 0.717) is 0 Å². The van der Waals surface area contributed by atoms with Gasteiger partial charge in [0.2, 0.25) is 6.21 Å². The molecule has 0 aliphatic carbocycles. The van der Waals surface area contributed by atoms with Crippen molar-refractivity contribution < 1.29 is 26.9 Å². The fourth-order valence-corrected chi connectivity index (χ4v) is 2.45. The van der Waals surface area contributed by atoms with Crippen molar-refractivity contribution in [1.29, 1.82) is 0 Å². The lowest BCUT2D eigenvalue weighted by Gasteiger charge is -2.17. The lowest BCUT2D eigenvalue weighted by molar-refractivity contribution is -0.501. The lowest BCUT2D eigenvalue weighted by atomic mass is 10.4. The first kappa shape index (κ1) is 16.1. The first-order valence-corrected chi connectivity index (χ1v) is 7.31. The predicted octanol–water partition coefficient (Wildman–Crippen LogP) is 2.72. The molecule has 0 spiro atoms. The minimum Gasteiger partial charge on any atom is -0.480 e. The maximum absolute atomic E-state index is 13.0. The van der Waals surface area contributed by atoms with Crippen molar-refractivity contribution in [2.24, 2.45) is 0 Å². The van der Waals surface area contributed by atoms with Gasteiger partial charge in [0, 0.05) is 32.1 Å². The molecule has 0 aromatic heterocycles. The van der Waals surface area contributed by atoms with Gasteiger partial charge in [0.1, 0.15) is 13.1 Å². The minimum atomic E-state index is -4.12. The second kappa shape index (κ2) is 7.13. The summed E-state index contributed by atoms with van der Waals surface area (Å²) in [6.07, 6.45) is 3.78. The lowest BCUT2D eigenvalue weighted by Crippen LogP contribution is -2.32. The van der Waals surface area contributed by atoms with Gasteiger partial charge in [0.05, 0.1) is 0 Å². The SMILES string of the molecule is FC(F)C(F)(F)CO/C(C=[N+]1CCCC1)=C\N1CCCC1. The number of ether oxygens (including phenoxy) is 1. The van der Waals surface area contributed by atoms with Gasteiger partial charge < -0.3 is 9.64 Å². The summed E-state index contributed by atoms with van der Waals surface area (Å²) in [5, 5.41) is 0. The van der Waals surface area contributed by atoms with Crippen molar-refractivity contribution in [3.63, 3.8) is 0 Å². The third-order valence-electron chi connectivity index (χ3n) is 3.65. The predicted molar refractivity (Wildman–Crippen MR) is 71.1 cm³/mol. The van der Waals surface area contributed by atoms with Crippen LogP contribution in [0.4, 0.5) is 17.6 Å². The summed E-state index contributed by atoms with van der Waals surface area (Å²) >= 11 is 0. The van der Waals surface area contributed by atoms with E-state index in [4.69, 9.17) is 4.74 Å². The van der Waals surface area contributed by atoms with Crippen LogP contribution in [0.25, 0.3) is 0 Å². The summed E-state index contributed by atoms with van der Waals surface area (Å²) in [4.78, 5) is 1.97. The molecule has 0 radical (unpaired) electrons. The van der Waals surface area contributed by atoms with Crippen molar-refractivity contribution in [3.8, 4) is 0 Å². The average molecular weight is 309 g/mol. The summed E-state index contributed by atoms with van der Waals surface area (Å²) in [7, 11) is 0. The van der Waals surface area contributed by atoms with Gasteiger partial charge >= 0.3 is 12.3 Å². The number of rotatable bonds is 6. The van der Waals surface area contributed by atoms with Crippen LogP contribution in [0.3, 0.4) is 0 Å². The Bertz CT molecular complexity index is 396. The van der Waals surface area contributed by atoms with Crippen LogP contribution in [-0.4, -0.2) is 60.8 Å². The molecule has 21 heavy (non-hydrogen) atoms. The van der Waals surface area contributed by atoms with E-state index in [1.807, 2.05) is 9.48 Å². The summed E-state index contributed by atoms with van der Waals surface area (Å²) in [6, 6.07) is 0. The molecule has 0 unspecified atom stereocenters. The van der Waals surface area contributed by atoms with Gasteiger partial charge in [-0.1, -0.05) is 0 Å². The zero-order chi connectivity index (χ0) is 15.3. The molecule has 0 amide bonds. The molecule has 0 bridgehead atoms. The Morgan fingerprint density at radius 3 is 2.33 bits per heavy atom. The Labute approximate surface area is 121 Å². The van der Waals surface area contributed by atoms with Gasteiger partial charge in [-0.15, -0.1) is 0 Å². The van der Waals surface area contributed by atoms with E-state index < -0.39 is 19.0 Å². The van der Waals surface area contributed by atoms with Crippen LogP contribution in [0.15, 0.2) is 12.0 Å². The van der Waals surface area contributed by atoms with Crippen molar-refractivity contribution in [2.75, 3.05) is 32.8 Å². The topological polar surface area (TPSA) is 15.5 Å². The Morgan fingerprint density at radius 2 is 1.76 bits per heavy atom. The number of allylic oxidation sites excluding steroid dienone is 1. The van der Waals surface area contributed by atoms with Crippen LogP contribution in [0.1, 0.15) is 25.7 Å². The number of nitrogens with zero attached hydrogens (tertiary/aromatic N) is 2. The normalized spacial score (nSPS) is 20.5. The highest BCUT2D eigenvalue weighted by Crippen LogP contribution is 2.24. The standard InChI is InChI=1S/C14H21F4N2O/c15-13(16)14(17,18)11-21-12(9-19-5-1-2-6-19)10-20-7-3-4-8-20/h9-10,13H,1-8,11H2/q+1. The molecule has 0 aromatic carbocycles. The van der Waals surface area contributed by atoms with E-state index >= 15 is 0 Å². The van der Waals surface area contributed by atoms with Gasteiger partial charge in [-0.25, -0.2) is 13.4 Å². The van der Waals surface area contributed by atoms with Crippen LogP contribution < -0.4 is 0 Å². The molecule has 2 fully saturated rings. The van der Waals surface area contributed by atoms with Crippen LogP contribution in [0, 0.1) is 0 Å². The molecule has 3 nitrogen and oxygen atoms in total. The zero-order valence-electron chi connectivity index (χ0n) is 11.9. The van der Waals surface area contributed by atoms with Crippen molar-refractivity contribution >= 4 is 6.21 Å². The van der Waals surface area contributed by atoms with Crippen LogP contribution in [-0.2, 0) is 4.74 Å². The number of likely N-dealkylation sites (tertiary alicyclic amines) is 1. The summed E-state index contributed by atoms with van der Waals surface area (Å²) in [5.74, 6) is -3.89. The van der Waals surface area contributed by atoms with Crippen molar-refractivity contribution in [3.05, 3.63) is 12.0 Å². The minimum absolute atomic E-state index is 0.235. The molecule has 0 atom stereocenters. The highest BCUT2D eigenvalue weighted by Gasteiger charge is 2.42. The van der Waals surface area contributed by atoms with Gasteiger partial charge in [-0.3, -0.25) is 0 Å². The second-order valence-corrected chi connectivity index (χ2v) is 5.50. The third kappa shape index (κ3) is 4.89. The molecule has 120 valence electrons. The van der Waals surface area contributed by atoms with Crippen molar-refractivity contribution in [2.45, 2.75) is 38.0 Å². The first-order chi connectivity index (χ1) is 9.97. The molecular formula is C14H21F4N2O+. The van der Waals surface area contributed by atoms with E-state index in [0.717, 1.165) is 51.9 Å². The van der Waals surface area contributed by atoms with Gasteiger partial charge in [0.15, 0.2) is 12.4 Å². The maximum Gasteiger partial charge on any atom is 0.340 e. The number of hydrogen-bond acceptors (Lipinski definition) is 2. The monoisotopic (exact) mass is 309 g/mol. The Morgan fingerprint density at radius 1 is 1.14 bits per heavy atom. The largest absolute Gasteiger partial charge is 0.480 e. The Kier molecular flexibility index (Phi) is 5.47. The fourth-order valence-electron chi connectivity index (χ4n) is 2.45. The number of hydrogen-bond donors (Lipinski definition) is 0. The van der Waals surface area contributed by atoms with Gasteiger partial charge in [-0.05, 0) is 12.8 Å². The molecule has 2 rings (SSSR count). The molecule has 2 aliphatic heterocycles. The molecule has 0 N–H and O–H groups in total. The van der Waals surface area contributed by atoms with Crippen LogP contribution in [0.2, 0.25) is 0 Å². The van der Waals surface area contributed by atoms with Gasteiger partial charge in [-0.2, -0.15) is 8.78 Å². The zero-order valence-corrected chi connectivity index (χ0v) is 11.9. The smallest absolute Gasteiger partial charge is 0.340 e. The third-order valence-corrected chi connectivity index (χ3v) is 3.65. The molecule has 2 heterocycles. The Hall–Kier alpha value is -1.27. The van der Waals surface area contributed by atoms with E-state index in [2.05, 4.69) is 0 Å². The van der Waals surface area contributed by atoms with Crippen molar-refractivity contribution in [1.82, 2.24) is 4.90 Å². The van der Waals surface area contributed by atoms with Crippen LogP contribution >= 0.6 is 0 Å². The molecule has 0 aromatic rings. The first-order valence-electron chi connectivity index (χ1n) is 7.31. The Balaban J connectivity index is 2.02. The highest BCUT2D eigenvalue weighted by atomic mass is 19.3. The molecule has 2 saturated heterocycles. The molecule has 0 saturated carbocycles. The van der Waals surface area contributed by atoms with Crippen LogP contribution in [0.5, 0.6) is 0 Å². The van der Waals surface area contributed by atoms with E-state index in [-0.39, 0.29) is 5.76 Å². The summed E-state index contributed by atoms with van der Waals surface area (Å²) in [6.45, 7) is 2.06. The summed E-state index contributed by atoms with van der Waals surface area (Å²) in [5.41, 5.74) is 0. The maximum atomic E-state index is 13.0. The van der Waals surface area contributed by atoms with E-state index in [1.165, 1.54) is 0 Å². The average Bonchev–Trinajstić information content (AvgIpc) is 3.09. The summed E-state index contributed by atoms with van der Waals surface area (Å²) < 4.78 is 57.3. The second-order valence-electron chi connectivity index (χ2n) is 5.50. The quantitative estimate of drug-likeness (QED) is 0.426. The highest BCUT2D eigenvalue weighted by molar-refractivity contribution is 5.71. The number of alkyl halides is 4. The van der Waals surface area contributed by atoms with E-state index in [1.54, 1.807) is 12.4 Å². The molecule has 7 heteroatoms. The molecule has 2 aliphatic rings. The fraction of sp³-hybridized carbons (Fsp3) is 0.786. The van der Waals surface area contributed by atoms with E-state index in [9.17, 15) is 17.6 Å².